The van der Waals surface area contributed by atoms with Gasteiger partial charge in [0, 0.05) is 25.8 Å². The molecule has 5 heteroatoms. The van der Waals surface area contributed by atoms with Gasteiger partial charge >= 0.3 is 0 Å². The zero-order valence-electron chi connectivity index (χ0n) is 9.18. The number of aryl methyl sites for hydroxylation is 1. The first-order valence-corrected chi connectivity index (χ1v) is 5.48. The Morgan fingerprint density at radius 3 is 3.12 bits per heavy atom. The maximum atomic E-state index is 5.43. The maximum absolute atomic E-state index is 5.43. The van der Waals surface area contributed by atoms with E-state index in [9.17, 15) is 0 Å². The molecule has 0 saturated heterocycles. The van der Waals surface area contributed by atoms with Gasteiger partial charge in [0.15, 0.2) is 12.2 Å². The van der Waals surface area contributed by atoms with Gasteiger partial charge in [-0.05, 0) is 18.9 Å². The minimum atomic E-state index is 0.677. The Morgan fingerprint density at radius 2 is 2.44 bits per heavy atom. The van der Waals surface area contributed by atoms with Gasteiger partial charge in [0.25, 0.3) is 0 Å². The van der Waals surface area contributed by atoms with Crippen molar-refractivity contribution >= 4 is 0 Å². The molecular weight excluding hydrogens is 204 g/mol. The summed E-state index contributed by atoms with van der Waals surface area (Å²) >= 11 is 0. The van der Waals surface area contributed by atoms with Crippen molar-refractivity contribution in [3.63, 3.8) is 0 Å². The van der Waals surface area contributed by atoms with Crippen LogP contribution in [-0.2, 0) is 13.6 Å². The number of hydrogen-bond acceptors (Lipinski definition) is 4. The molecule has 0 spiro atoms. The van der Waals surface area contributed by atoms with E-state index in [0.717, 1.165) is 23.7 Å². The van der Waals surface area contributed by atoms with Crippen LogP contribution in [0.5, 0.6) is 0 Å². The first-order valence-electron chi connectivity index (χ1n) is 5.48. The van der Waals surface area contributed by atoms with E-state index in [1.165, 1.54) is 19.2 Å². The van der Waals surface area contributed by atoms with E-state index in [-0.39, 0.29) is 0 Å². The van der Waals surface area contributed by atoms with Gasteiger partial charge < -0.3 is 9.73 Å². The van der Waals surface area contributed by atoms with Gasteiger partial charge in [-0.3, -0.25) is 4.68 Å². The largest absolute Gasteiger partial charge is 0.442 e. The smallest absolute Gasteiger partial charge is 0.181 e. The summed E-state index contributed by atoms with van der Waals surface area (Å²) in [7, 11) is 1.90. The predicted molar refractivity (Wildman–Crippen MR) is 58.6 cm³/mol. The minimum absolute atomic E-state index is 0.677. The molecule has 0 unspecified atom stereocenters. The van der Waals surface area contributed by atoms with E-state index in [2.05, 4.69) is 15.4 Å². The molecule has 1 aliphatic rings. The lowest BCUT2D eigenvalue weighted by Crippen LogP contribution is -2.16. The van der Waals surface area contributed by atoms with Crippen molar-refractivity contribution in [2.24, 2.45) is 7.05 Å². The Kier molecular flexibility index (Phi) is 2.25. The third-order valence-electron chi connectivity index (χ3n) is 2.83. The summed E-state index contributed by atoms with van der Waals surface area (Å²) in [6, 6.07) is 2.61. The van der Waals surface area contributed by atoms with E-state index in [1.807, 2.05) is 13.1 Å². The number of aromatic nitrogens is 3. The molecule has 1 N–H and O–H groups in total. The van der Waals surface area contributed by atoms with Crippen LogP contribution in [-0.4, -0.2) is 20.8 Å². The van der Waals surface area contributed by atoms with Crippen LogP contribution in [0.4, 0.5) is 0 Å². The molecule has 0 amide bonds. The third-order valence-corrected chi connectivity index (χ3v) is 2.83. The SMILES string of the molecule is Cn1nccc1-c1ocnc1CNC1CC1. The molecule has 0 aromatic carbocycles. The van der Waals surface area contributed by atoms with E-state index in [0.29, 0.717) is 6.04 Å². The van der Waals surface area contributed by atoms with Gasteiger partial charge in [-0.25, -0.2) is 4.98 Å². The van der Waals surface area contributed by atoms with Crippen molar-refractivity contribution in [1.82, 2.24) is 20.1 Å². The highest BCUT2D eigenvalue weighted by atomic mass is 16.3. The van der Waals surface area contributed by atoms with Crippen LogP contribution in [0.15, 0.2) is 23.1 Å². The van der Waals surface area contributed by atoms with Crippen molar-refractivity contribution < 1.29 is 4.42 Å². The van der Waals surface area contributed by atoms with Crippen molar-refractivity contribution in [3.05, 3.63) is 24.4 Å². The Hall–Kier alpha value is -1.62. The molecule has 1 aliphatic carbocycles. The van der Waals surface area contributed by atoms with Gasteiger partial charge in [0.1, 0.15) is 11.4 Å². The van der Waals surface area contributed by atoms with Crippen molar-refractivity contribution in [3.8, 4) is 11.5 Å². The Labute approximate surface area is 93.5 Å². The molecule has 1 saturated carbocycles. The first-order chi connectivity index (χ1) is 7.84. The fraction of sp³-hybridized carbons (Fsp3) is 0.455. The standard InChI is InChI=1S/C11H14N4O/c1-15-10(4-5-14-15)11-9(13-7-16-11)6-12-8-2-3-8/h4-5,7-8,12H,2-3,6H2,1H3. The summed E-state index contributed by atoms with van der Waals surface area (Å²) in [5.41, 5.74) is 1.92. The molecular formula is C11H14N4O. The monoisotopic (exact) mass is 218 g/mol. The lowest BCUT2D eigenvalue weighted by molar-refractivity contribution is 0.561. The van der Waals surface area contributed by atoms with Crippen LogP contribution in [0, 0.1) is 0 Å². The minimum Gasteiger partial charge on any atom is -0.442 e. The van der Waals surface area contributed by atoms with E-state index >= 15 is 0 Å². The van der Waals surface area contributed by atoms with Crippen LogP contribution in [0.3, 0.4) is 0 Å². The van der Waals surface area contributed by atoms with Crippen LogP contribution in [0.25, 0.3) is 11.5 Å². The summed E-state index contributed by atoms with van der Waals surface area (Å²) < 4.78 is 7.22. The molecule has 0 radical (unpaired) electrons. The zero-order valence-corrected chi connectivity index (χ0v) is 9.18. The second-order valence-electron chi connectivity index (χ2n) is 4.12. The summed E-state index contributed by atoms with van der Waals surface area (Å²) in [5.74, 6) is 0.813. The van der Waals surface area contributed by atoms with Crippen LogP contribution in [0.1, 0.15) is 18.5 Å². The molecule has 1 fully saturated rings. The highest BCUT2D eigenvalue weighted by molar-refractivity contribution is 5.54. The predicted octanol–water partition coefficient (Wildman–Crippen LogP) is 1.33. The molecule has 84 valence electrons. The summed E-state index contributed by atoms with van der Waals surface area (Å²) in [6.07, 6.45) is 5.81. The lowest BCUT2D eigenvalue weighted by atomic mass is 10.2. The van der Waals surface area contributed by atoms with E-state index in [4.69, 9.17) is 4.42 Å². The molecule has 16 heavy (non-hydrogen) atoms. The lowest BCUT2D eigenvalue weighted by Gasteiger charge is -2.02. The van der Waals surface area contributed by atoms with Gasteiger partial charge in [-0.15, -0.1) is 0 Å². The zero-order chi connectivity index (χ0) is 11.0. The van der Waals surface area contributed by atoms with Gasteiger partial charge in [-0.1, -0.05) is 0 Å². The molecule has 0 aliphatic heterocycles. The fourth-order valence-electron chi connectivity index (χ4n) is 1.73. The molecule has 0 bridgehead atoms. The Balaban J connectivity index is 1.83. The number of nitrogens with zero attached hydrogens (tertiary/aromatic N) is 3. The number of nitrogens with one attached hydrogen (secondary N) is 1. The quantitative estimate of drug-likeness (QED) is 0.841. The van der Waals surface area contributed by atoms with Crippen molar-refractivity contribution in [2.45, 2.75) is 25.4 Å². The molecule has 3 rings (SSSR count). The Bertz CT molecular complexity index is 484. The van der Waals surface area contributed by atoms with Gasteiger partial charge in [-0.2, -0.15) is 5.10 Å². The van der Waals surface area contributed by atoms with Crippen LogP contribution in [0.2, 0.25) is 0 Å². The second-order valence-corrected chi connectivity index (χ2v) is 4.12. The normalized spacial score (nSPS) is 15.6. The third kappa shape index (κ3) is 1.74. The number of hydrogen-bond donors (Lipinski definition) is 1. The molecule has 2 aromatic rings. The van der Waals surface area contributed by atoms with Crippen molar-refractivity contribution in [1.29, 1.82) is 0 Å². The van der Waals surface area contributed by atoms with E-state index < -0.39 is 0 Å². The van der Waals surface area contributed by atoms with Crippen LogP contribution < -0.4 is 5.32 Å². The summed E-state index contributed by atoms with van der Waals surface area (Å²) in [5, 5.41) is 7.56. The molecule has 2 aromatic heterocycles. The first kappa shape index (κ1) is 9.59. The summed E-state index contributed by atoms with van der Waals surface area (Å²) in [6.45, 7) is 0.766. The fourth-order valence-corrected chi connectivity index (χ4v) is 1.73. The molecule has 0 atom stereocenters. The number of rotatable bonds is 4. The Morgan fingerprint density at radius 1 is 1.56 bits per heavy atom. The average molecular weight is 218 g/mol. The van der Waals surface area contributed by atoms with Crippen LogP contribution >= 0.6 is 0 Å². The number of oxazole rings is 1. The van der Waals surface area contributed by atoms with Crippen molar-refractivity contribution in [2.75, 3.05) is 0 Å². The van der Waals surface area contributed by atoms with E-state index in [1.54, 1.807) is 10.9 Å². The second kappa shape index (κ2) is 3.75. The highest BCUT2D eigenvalue weighted by Gasteiger charge is 2.22. The van der Waals surface area contributed by atoms with Gasteiger partial charge in [0.2, 0.25) is 0 Å². The topological polar surface area (TPSA) is 55.9 Å². The maximum Gasteiger partial charge on any atom is 0.181 e. The highest BCUT2D eigenvalue weighted by Crippen LogP contribution is 2.24. The molecule has 5 nitrogen and oxygen atoms in total. The average Bonchev–Trinajstić information content (AvgIpc) is 2.83. The summed E-state index contributed by atoms with van der Waals surface area (Å²) in [4.78, 5) is 4.24. The van der Waals surface area contributed by atoms with Gasteiger partial charge in [0.05, 0.1) is 0 Å². The molecule has 2 heterocycles.